The van der Waals surface area contributed by atoms with Gasteiger partial charge in [0.05, 0.1) is 11.3 Å². The number of amides is 1. The maximum atomic E-state index is 11.9. The fourth-order valence-corrected chi connectivity index (χ4v) is 1.86. The van der Waals surface area contributed by atoms with Crippen LogP contribution in [0.2, 0.25) is 0 Å². The number of nitriles is 1. The third-order valence-corrected chi connectivity index (χ3v) is 3.02. The average molecular weight is 311 g/mol. The standard InChI is InChI=1S/C16H17N5O2/c1-23-10-4-9-18-16(22)14-7-8-15(21-20-14)19-13-6-3-2-5-12(13)11-17/h2-3,5-8H,4,9-10H2,1H3,(H,18,22)(H,19,21). The third-order valence-electron chi connectivity index (χ3n) is 3.02. The van der Waals surface area contributed by atoms with E-state index in [-0.39, 0.29) is 11.6 Å². The molecule has 0 aliphatic heterocycles. The molecule has 0 radical (unpaired) electrons. The summed E-state index contributed by atoms with van der Waals surface area (Å²) in [5.41, 5.74) is 1.39. The molecule has 1 aromatic carbocycles. The van der Waals surface area contributed by atoms with Crippen molar-refractivity contribution in [2.45, 2.75) is 6.42 Å². The summed E-state index contributed by atoms with van der Waals surface area (Å²) in [4.78, 5) is 11.9. The fraction of sp³-hybridized carbons (Fsp3) is 0.250. The van der Waals surface area contributed by atoms with Crippen molar-refractivity contribution in [1.82, 2.24) is 15.5 Å². The van der Waals surface area contributed by atoms with Crippen molar-refractivity contribution in [3.8, 4) is 6.07 Å². The Balaban J connectivity index is 1.97. The molecule has 7 nitrogen and oxygen atoms in total. The zero-order chi connectivity index (χ0) is 16.5. The number of aromatic nitrogens is 2. The largest absolute Gasteiger partial charge is 0.385 e. The second-order valence-corrected chi connectivity index (χ2v) is 4.69. The summed E-state index contributed by atoms with van der Waals surface area (Å²) in [6.45, 7) is 1.11. The molecule has 0 saturated carbocycles. The van der Waals surface area contributed by atoms with E-state index >= 15 is 0 Å². The molecule has 0 fully saturated rings. The number of hydrogen-bond acceptors (Lipinski definition) is 6. The van der Waals surface area contributed by atoms with E-state index in [1.807, 2.05) is 6.07 Å². The van der Waals surface area contributed by atoms with Crippen LogP contribution in [0.5, 0.6) is 0 Å². The molecule has 7 heteroatoms. The van der Waals surface area contributed by atoms with E-state index in [2.05, 4.69) is 26.9 Å². The van der Waals surface area contributed by atoms with Gasteiger partial charge in [0.1, 0.15) is 6.07 Å². The maximum Gasteiger partial charge on any atom is 0.271 e. The highest BCUT2D eigenvalue weighted by Gasteiger charge is 2.08. The molecule has 0 spiro atoms. The van der Waals surface area contributed by atoms with Crippen LogP contribution in [-0.4, -0.2) is 36.4 Å². The molecule has 23 heavy (non-hydrogen) atoms. The van der Waals surface area contributed by atoms with Gasteiger partial charge in [-0.05, 0) is 30.7 Å². The summed E-state index contributed by atoms with van der Waals surface area (Å²) in [7, 11) is 1.61. The number of anilines is 2. The lowest BCUT2D eigenvalue weighted by Crippen LogP contribution is -2.26. The van der Waals surface area contributed by atoms with Crippen LogP contribution < -0.4 is 10.6 Å². The zero-order valence-corrected chi connectivity index (χ0v) is 12.7. The van der Waals surface area contributed by atoms with Crippen LogP contribution in [0.4, 0.5) is 11.5 Å². The monoisotopic (exact) mass is 311 g/mol. The van der Waals surface area contributed by atoms with Crippen LogP contribution in [0.3, 0.4) is 0 Å². The summed E-state index contributed by atoms with van der Waals surface area (Å²) in [6.07, 6.45) is 0.736. The van der Waals surface area contributed by atoms with Gasteiger partial charge in [-0.3, -0.25) is 4.79 Å². The van der Waals surface area contributed by atoms with Gasteiger partial charge in [-0.2, -0.15) is 5.26 Å². The molecular formula is C16H17N5O2. The van der Waals surface area contributed by atoms with E-state index in [4.69, 9.17) is 10.00 Å². The Kier molecular flexibility index (Phi) is 6.03. The lowest BCUT2D eigenvalue weighted by molar-refractivity contribution is 0.0942. The van der Waals surface area contributed by atoms with Gasteiger partial charge >= 0.3 is 0 Å². The van der Waals surface area contributed by atoms with E-state index in [1.165, 1.54) is 0 Å². The Hall–Kier alpha value is -2.98. The molecule has 2 aromatic rings. The van der Waals surface area contributed by atoms with Crippen LogP contribution in [-0.2, 0) is 4.74 Å². The number of rotatable bonds is 7. The minimum atomic E-state index is -0.280. The molecule has 1 amide bonds. The van der Waals surface area contributed by atoms with Gasteiger partial charge in [0.15, 0.2) is 11.5 Å². The molecule has 2 N–H and O–H groups in total. The number of carbonyl (C=O) groups excluding carboxylic acids is 1. The lowest BCUT2D eigenvalue weighted by Gasteiger charge is -2.07. The third kappa shape index (κ3) is 4.76. The number of carbonyl (C=O) groups is 1. The Morgan fingerprint density at radius 2 is 2.09 bits per heavy atom. The molecule has 1 aromatic heterocycles. The SMILES string of the molecule is COCCCNC(=O)c1ccc(Nc2ccccc2C#N)nn1. The first kappa shape index (κ1) is 16.4. The number of para-hydroxylation sites is 1. The maximum absolute atomic E-state index is 11.9. The summed E-state index contributed by atoms with van der Waals surface area (Å²) >= 11 is 0. The van der Waals surface area contributed by atoms with Gasteiger partial charge < -0.3 is 15.4 Å². The second-order valence-electron chi connectivity index (χ2n) is 4.69. The molecule has 0 bridgehead atoms. The summed E-state index contributed by atoms with van der Waals surface area (Å²) in [5.74, 6) is 0.182. The van der Waals surface area contributed by atoms with Gasteiger partial charge in [0.25, 0.3) is 5.91 Å². The number of ether oxygens (including phenoxy) is 1. The predicted molar refractivity (Wildman–Crippen MR) is 85.3 cm³/mol. The lowest BCUT2D eigenvalue weighted by atomic mass is 10.2. The predicted octanol–water partition coefficient (Wildman–Crippen LogP) is 1.86. The van der Waals surface area contributed by atoms with E-state index in [0.717, 1.165) is 6.42 Å². The number of nitrogens with one attached hydrogen (secondary N) is 2. The Labute approximate surface area is 134 Å². The molecule has 0 atom stereocenters. The quantitative estimate of drug-likeness (QED) is 0.757. The minimum absolute atomic E-state index is 0.238. The van der Waals surface area contributed by atoms with Crippen molar-refractivity contribution in [2.75, 3.05) is 25.6 Å². The van der Waals surface area contributed by atoms with Crippen LogP contribution >= 0.6 is 0 Å². The van der Waals surface area contributed by atoms with Gasteiger partial charge in [-0.15, -0.1) is 10.2 Å². The first-order valence-corrected chi connectivity index (χ1v) is 7.11. The molecule has 0 unspecified atom stereocenters. The highest BCUT2D eigenvalue weighted by Crippen LogP contribution is 2.18. The first-order chi connectivity index (χ1) is 11.2. The Bertz CT molecular complexity index is 694. The van der Waals surface area contributed by atoms with Gasteiger partial charge in [-0.1, -0.05) is 12.1 Å². The van der Waals surface area contributed by atoms with Gasteiger partial charge in [-0.25, -0.2) is 0 Å². The molecule has 0 aliphatic rings. The topological polar surface area (TPSA) is 99.9 Å². The van der Waals surface area contributed by atoms with Crippen molar-refractivity contribution in [3.63, 3.8) is 0 Å². The van der Waals surface area contributed by atoms with Crippen molar-refractivity contribution >= 4 is 17.4 Å². The van der Waals surface area contributed by atoms with Crippen LogP contribution in [0.15, 0.2) is 36.4 Å². The highest BCUT2D eigenvalue weighted by molar-refractivity contribution is 5.92. The number of methoxy groups -OCH3 is 1. The normalized spacial score (nSPS) is 9.91. The minimum Gasteiger partial charge on any atom is -0.385 e. The molecule has 118 valence electrons. The smallest absolute Gasteiger partial charge is 0.271 e. The Morgan fingerprint density at radius 1 is 1.26 bits per heavy atom. The Morgan fingerprint density at radius 3 is 2.78 bits per heavy atom. The van der Waals surface area contributed by atoms with Crippen molar-refractivity contribution in [1.29, 1.82) is 5.26 Å². The van der Waals surface area contributed by atoms with Crippen LogP contribution in [0.1, 0.15) is 22.5 Å². The number of nitrogens with zero attached hydrogens (tertiary/aromatic N) is 3. The van der Waals surface area contributed by atoms with Crippen LogP contribution in [0, 0.1) is 11.3 Å². The molecular weight excluding hydrogens is 294 g/mol. The molecule has 1 heterocycles. The van der Waals surface area contributed by atoms with E-state index in [1.54, 1.807) is 37.4 Å². The summed E-state index contributed by atoms with van der Waals surface area (Å²) in [5, 5.41) is 22.6. The molecule has 0 saturated heterocycles. The summed E-state index contributed by atoms with van der Waals surface area (Å²) < 4.78 is 4.91. The number of hydrogen-bond donors (Lipinski definition) is 2. The average Bonchev–Trinajstić information content (AvgIpc) is 2.59. The van der Waals surface area contributed by atoms with Gasteiger partial charge in [0, 0.05) is 20.3 Å². The van der Waals surface area contributed by atoms with Crippen molar-refractivity contribution < 1.29 is 9.53 Å². The van der Waals surface area contributed by atoms with Crippen LogP contribution in [0.25, 0.3) is 0 Å². The number of benzene rings is 1. The van der Waals surface area contributed by atoms with E-state index < -0.39 is 0 Å². The van der Waals surface area contributed by atoms with Crippen molar-refractivity contribution in [2.24, 2.45) is 0 Å². The zero-order valence-electron chi connectivity index (χ0n) is 12.7. The second kappa shape index (κ2) is 8.46. The van der Waals surface area contributed by atoms with Gasteiger partial charge in [0.2, 0.25) is 0 Å². The van der Waals surface area contributed by atoms with E-state index in [9.17, 15) is 4.79 Å². The van der Waals surface area contributed by atoms with Crippen molar-refractivity contribution in [3.05, 3.63) is 47.7 Å². The molecule has 2 rings (SSSR count). The highest BCUT2D eigenvalue weighted by atomic mass is 16.5. The van der Waals surface area contributed by atoms with E-state index in [0.29, 0.717) is 30.2 Å². The fourth-order valence-electron chi connectivity index (χ4n) is 1.86. The first-order valence-electron chi connectivity index (χ1n) is 7.11. The molecule has 0 aliphatic carbocycles. The summed E-state index contributed by atoms with van der Waals surface area (Å²) in [6, 6.07) is 12.4.